The van der Waals surface area contributed by atoms with E-state index in [1.54, 1.807) is 0 Å². The number of hydrogen-bond acceptors (Lipinski definition) is 5. The molecule has 7 heteroatoms. The van der Waals surface area contributed by atoms with Crippen LogP contribution in [0.4, 0.5) is 10.7 Å². The minimum Gasteiger partial charge on any atom is -0.326 e. The third-order valence-electron chi connectivity index (χ3n) is 5.27. The van der Waals surface area contributed by atoms with Crippen molar-refractivity contribution in [1.29, 1.82) is 5.26 Å². The van der Waals surface area contributed by atoms with E-state index in [0.717, 1.165) is 41.7 Å². The molecule has 0 saturated carbocycles. The SMILES string of the molecule is CC(=O)Nc1cccc(SC(C(=O)Nc2sc3c(c2C#N)CCCC3)c2ccccc2)c1. The molecule has 0 fully saturated rings. The van der Waals surface area contributed by atoms with Gasteiger partial charge in [-0.1, -0.05) is 36.4 Å². The van der Waals surface area contributed by atoms with Crippen molar-refractivity contribution in [3.63, 3.8) is 0 Å². The van der Waals surface area contributed by atoms with E-state index >= 15 is 0 Å². The summed E-state index contributed by atoms with van der Waals surface area (Å²) in [7, 11) is 0. The smallest absolute Gasteiger partial charge is 0.243 e. The Labute approximate surface area is 195 Å². The molecule has 0 aliphatic heterocycles. The average Bonchev–Trinajstić information content (AvgIpc) is 3.14. The summed E-state index contributed by atoms with van der Waals surface area (Å²) >= 11 is 2.95. The quantitative estimate of drug-likeness (QED) is 0.446. The molecule has 1 atom stereocenters. The molecular weight excluding hydrogens is 438 g/mol. The maximum Gasteiger partial charge on any atom is 0.243 e. The van der Waals surface area contributed by atoms with Gasteiger partial charge in [-0.2, -0.15) is 5.26 Å². The lowest BCUT2D eigenvalue weighted by molar-refractivity contribution is -0.116. The van der Waals surface area contributed by atoms with Gasteiger partial charge in [-0.25, -0.2) is 0 Å². The molecule has 3 aromatic rings. The molecule has 0 saturated heterocycles. The Morgan fingerprint density at radius 1 is 1.06 bits per heavy atom. The van der Waals surface area contributed by atoms with E-state index < -0.39 is 5.25 Å². The predicted octanol–water partition coefficient (Wildman–Crippen LogP) is 5.93. The Morgan fingerprint density at radius 3 is 2.59 bits per heavy atom. The molecular formula is C25H23N3O2S2. The van der Waals surface area contributed by atoms with Crippen molar-refractivity contribution < 1.29 is 9.59 Å². The number of rotatable bonds is 6. The van der Waals surface area contributed by atoms with Gasteiger partial charge in [0.1, 0.15) is 16.3 Å². The van der Waals surface area contributed by atoms with Gasteiger partial charge in [-0.3, -0.25) is 9.59 Å². The number of amides is 2. The second-order valence-electron chi connectivity index (χ2n) is 7.63. The monoisotopic (exact) mass is 461 g/mol. The van der Waals surface area contributed by atoms with Gasteiger partial charge in [0.2, 0.25) is 11.8 Å². The number of nitrogens with zero attached hydrogens (tertiary/aromatic N) is 1. The highest BCUT2D eigenvalue weighted by molar-refractivity contribution is 8.00. The van der Waals surface area contributed by atoms with Crippen molar-refractivity contribution >= 4 is 45.6 Å². The van der Waals surface area contributed by atoms with Crippen LogP contribution in [-0.2, 0) is 22.4 Å². The lowest BCUT2D eigenvalue weighted by atomic mass is 9.96. The molecule has 1 aromatic heterocycles. The molecule has 0 spiro atoms. The molecule has 1 aliphatic rings. The summed E-state index contributed by atoms with van der Waals surface area (Å²) in [5.74, 6) is -0.309. The number of thioether (sulfide) groups is 1. The Hall–Kier alpha value is -3.08. The third-order valence-corrected chi connectivity index (χ3v) is 7.72. The first-order chi connectivity index (χ1) is 15.5. The second-order valence-corrected chi connectivity index (χ2v) is 9.92. The first-order valence-electron chi connectivity index (χ1n) is 10.5. The van der Waals surface area contributed by atoms with Crippen LogP contribution in [0.2, 0.25) is 0 Å². The number of hydrogen-bond donors (Lipinski definition) is 2. The molecule has 162 valence electrons. The van der Waals surface area contributed by atoms with E-state index in [1.165, 1.54) is 34.9 Å². The summed E-state index contributed by atoms with van der Waals surface area (Å²) in [5.41, 5.74) is 3.28. The zero-order valence-electron chi connectivity index (χ0n) is 17.7. The highest BCUT2D eigenvalue weighted by atomic mass is 32.2. The van der Waals surface area contributed by atoms with Crippen LogP contribution in [0.5, 0.6) is 0 Å². The fourth-order valence-electron chi connectivity index (χ4n) is 3.84. The van der Waals surface area contributed by atoms with Crippen molar-refractivity contribution in [2.24, 2.45) is 0 Å². The van der Waals surface area contributed by atoms with Crippen molar-refractivity contribution in [2.75, 3.05) is 10.6 Å². The normalized spacial score (nSPS) is 13.5. The van der Waals surface area contributed by atoms with Crippen LogP contribution in [0.25, 0.3) is 0 Å². The number of nitrogens with one attached hydrogen (secondary N) is 2. The summed E-state index contributed by atoms with van der Waals surface area (Å²) in [5, 5.41) is 15.7. The molecule has 4 rings (SSSR count). The van der Waals surface area contributed by atoms with Gasteiger partial charge in [-0.15, -0.1) is 23.1 Å². The second kappa shape index (κ2) is 10.0. The van der Waals surface area contributed by atoms with Crippen LogP contribution in [0.3, 0.4) is 0 Å². The Bertz CT molecular complexity index is 1180. The summed E-state index contributed by atoms with van der Waals surface area (Å²) in [6.45, 7) is 1.47. The molecule has 2 N–H and O–H groups in total. The van der Waals surface area contributed by atoms with Gasteiger partial charge in [0.25, 0.3) is 0 Å². The molecule has 1 aliphatic carbocycles. The molecule has 32 heavy (non-hydrogen) atoms. The van der Waals surface area contributed by atoms with Crippen LogP contribution >= 0.6 is 23.1 Å². The van der Waals surface area contributed by atoms with E-state index in [2.05, 4.69) is 16.7 Å². The third kappa shape index (κ3) is 5.04. The summed E-state index contributed by atoms with van der Waals surface area (Å²) < 4.78 is 0. The van der Waals surface area contributed by atoms with Crippen LogP contribution in [0.15, 0.2) is 59.5 Å². The number of fused-ring (bicyclic) bond motifs is 1. The van der Waals surface area contributed by atoms with Crippen molar-refractivity contribution in [3.05, 3.63) is 76.2 Å². The maximum absolute atomic E-state index is 13.5. The molecule has 1 heterocycles. The average molecular weight is 462 g/mol. The van der Waals surface area contributed by atoms with Gasteiger partial charge < -0.3 is 10.6 Å². The van der Waals surface area contributed by atoms with Gasteiger partial charge in [0.15, 0.2) is 0 Å². The van der Waals surface area contributed by atoms with Crippen molar-refractivity contribution in [3.8, 4) is 6.07 Å². The molecule has 2 aromatic carbocycles. The summed E-state index contributed by atoms with van der Waals surface area (Å²) in [6.07, 6.45) is 4.08. The molecule has 1 unspecified atom stereocenters. The van der Waals surface area contributed by atoms with E-state index in [-0.39, 0.29) is 11.8 Å². The molecule has 0 bridgehead atoms. The lowest BCUT2D eigenvalue weighted by Crippen LogP contribution is -2.19. The number of thiophene rings is 1. The fourth-order valence-corrected chi connectivity index (χ4v) is 6.16. The zero-order chi connectivity index (χ0) is 22.5. The van der Waals surface area contributed by atoms with Gasteiger partial charge in [-0.05, 0) is 55.0 Å². The van der Waals surface area contributed by atoms with Crippen LogP contribution in [-0.4, -0.2) is 11.8 Å². The number of benzene rings is 2. The highest BCUT2D eigenvalue weighted by Gasteiger charge is 2.26. The maximum atomic E-state index is 13.5. The summed E-state index contributed by atoms with van der Waals surface area (Å²) in [6, 6.07) is 19.4. The topological polar surface area (TPSA) is 82.0 Å². The Kier molecular flexibility index (Phi) is 6.93. The minimum absolute atomic E-state index is 0.143. The number of carbonyl (C=O) groups is 2. The number of carbonyl (C=O) groups excluding carboxylic acids is 2. The first kappa shape index (κ1) is 22.1. The van der Waals surface area contributed by atoms with Crippen molar-refractivity contribution in [1.82, 2.24) is 0 Å². The van der Waals surface area contributed by atoms with E-state index in [9.17, 15) is 14.9 Å². The van der Waals surface area contributed by atoms with Gasteiger partial charge in [0.05, 0.1) is 5.56 Å². The zero-order valence-corrected chi connectivity index (χ0v) is 19.3. The molecule has 5 nitrogen and oxygen atoms in total. The van der Waals surface area contributed by atoms with Crippen LogP contribution in [0, 0.1) is 11.3 Å². The lowest BCUT2D eigenvalue weighted by Gasteiger charge is -2.17. The van der Waals surface area contributed by atoms with Gasteiger partial charge in [0, 0.05) is 22.4 Å². The minimum atomic E-state index is -0.505. The molecule has 0 radical (unpaired) electrons. The first-order valence-corrected chi connectivity index (χ1v) is 12.2. The Balaban J connectivity index is 1.62. The van der Waals surface area contributed by atoms with Gasteiger partial charge >= 0.3 is 0 Å². The van der Waals surface area contributed by atoms with Crippen molar-refractivity contribution in [2.45, 2.75) is 42.8 Å². The van der Waals surface area contributed by atoms with E-state index in [0.29, 0.717) is 16.3 Å². The number of anilines is 2. The Morgan fingerprint density at radius 2 is 1.84 bits per heavy atom. The van der Waals surface area contributed by atoms with E-state index in [4.69, 9.17) is 0 Å². The summed E-state index contributed by atoms with van der Waals surface area (Å²) in [4.78, 5) is 27.0. The largest absolute Gasteiger partial charge is 0.326 e. The number of nitriles is 1. The molecule has 2 amide bonds. The standard InChI is InChI=1S/C25H23N3O2S2/c1-16(29)27-18-10-7-11-19(14-18)31-23(17-8-3-2-4-9-17)24(30)28-25-21(15-26)20-12-5-6-13-22(20)32-25/h2-4,7-11,14,23H,5-6,12-13H2,1H3,(H,27,29)(H,28,30). The fraction of sp³-hybridized carbons (Fsp3) is 0.240. The van der Waals surface area contributed by atoms with Crippen LogP contribution < -0.4 is 10.6 Å². The van der Waals surface area contributed by atoms with Crippen LogP contribution in [0.1, 0.15) is 46.6 Å². The highest BCUT2D eigenvalue weighted by Crippen LogP contribution is 2.41. The predicted molar refractivity (Wildman–Crippen MR) is 130 cm³/mol. The van der Waals surface area contributed by atoms with E-state index in [1.807, 2.05) is 54.6 Å². The number of aryl methyl sites for hydroxylation is 1.